The molecule has 0 aliphatic heterocycles. The molecule has 0 fully saturated rings. The Bertz CT molecular complexity index is 1420. The number of benzene rings is 2. The second-order valence-electron chi connectivity index (χ2n) is 7.47. The zero-order chi connectivity index (χ0) is 21.9. The van der Waals surface area contributed by atoms with Crippen LogP contribution in [0.1, 0.15) is 32.1 Å². The van der Waals surface area contributed by atoms with E-state index in [1.54, 1.807) is 4.57 Å². The fourth-order valence-electron chi connectivity index (χ4n) is 3.69. The molecule has 2 aromatic carbocycles. The quantitative estimate of drug-likeness (QED) is 0.255. The van der Waals surface area contributed by atoms with Crippen LogP contribution in [0, 0.1) is 0 Å². The van der Waals surface area contributed by atoms with Crippen molar-refractivity contribution < 1.29 is 4.52 Å². The van der Waals surface area contributed by atoms with Crippen LogP contribution in [0.3, 0.4) is 0 Å². The summed E-state index contributed by atoms with van der Waals surface area (Å²) in [7, 11) is 0. The van der Waals surface area contributed by atoms with Crippen LogP contribution in [0.15, 0.2) is 69.1 Å². The van der Waals surface area contributed by atoms with Crippen LogP contribution in [-0.2, 0) is 12.3 Å². The van der Waals surface area contributed by atoms with Crippen molar-refractivity contribution in [1.29, 1.82) is 0 Å². The maximum atomic E-state index is 13.1. The zero-order valence-electron chi connectivity index (χ0n) is 17.6. The van der Waals surface area contributed by atoms with Crippen molar-refractivity contribution in [2.45, 2.75) is 43.6 Å². The van der Waals surface area contributed by atoms with Crippen LogP contribution in [0.5, 0.6) is 0 Å². The molecule has 0 bridgehead atoms. The molecule has 3 heterocycles. The lowest BCUT2D eigenvalue weighted by atomic mass is 10.2. The highest BCUT2D eigenvalue weighted by Crippen LogP contribution is 2.25. The summed E-state index contributed by atoms with van der Waals surface area (Å²) < 4.78 is 9.11. The number of nitrogens with zero attached hydrogens (tertiary/aromatic N) is 6. The molecule has 0 aliphatic rings. The van der Waals surface area contributed by atoms with E-state index in [9.17, 15) is 4.79 Å². The molecule has 162 valence electrons. The summed E-state index contributed by atoms with van der Waals surface area (Å²) in [5.41, 5.74) is 1.67. The van der Waals surface area contributed by atoms with Gasteiger partial charge < -0.3 is 4.52 Å². The van der Waals surface area contributed by atoms with E-state index in [-0.39, 0.29) is 5.56 Å². The lowest BCUT2D eigenvalue weighted by Gasteiger charge is -2.10. The number of hydrogen-bond acceptors (Lipinski definition) is 7. The van der Waals surface area contributed by atoms with Crippen LogP contribution >= 0.6 is 11.8 Å². The Morgan fingerprint density at radius 3 is 2.66 bits per heavy atom. The van der Waals surface area contributed by atoms with Gasteiger partial charge in [0.25, 0.3) is 5.56 Å². The Morgan fingerprint density at radius 2 is 1.81 bits per heavy atom. The standard InChI is InChI=1S/C23H22N6O2S/c1-2-3-9-14-28-21(30)17-12-7-8-13-18(17)29-22(28)25-26-23(29)32-15-19-24-20(27-31-19)16-10-5-4-6-11-16/h4-8,10-13H,2-3,9,14-15H2,1H3. The minimum Gasteiger partial charge on any atom is -0.338 e. The Hall–Kier alpha value is -3.46. The third-order valence-electron chi connectivity index (χ3n) is 5.29. The first-order valence-corrected chi connectivity index (χ1v) is 11.6. The van der Waals surface area contributed by atoms with Gasteiger partial charge in [-0.05, 0) is 18.6 Å². The topological polar surface area (TPSA) is 91.1 Å². The summed E-state index contributed by atoms with van der Waals surface area (Å²) in [6.07, 6.45) is 3.06. The molecule has 0 radical (unpaired) electrons. The third kappa shape index (κ3) is 3.80. The van der Waals surface area contributed by atoms with E-state index in [2.05, 4.69) is 27.3 Å². The van der Waals surface area contributed by atoms with E-state index in [4.69, 9.17) is 4.52 Å². The van der Waals surface area contributed by atoms with Gasteiger partial charge in [0.1, 0.15) is 0 Å². The van der Waals surface area contributed by atoms with E-state index in [1.807, 2.05) is 59.0 Å². The van der Waals surface area contributed by atoms with Crippen molar-refractivity contribution >= 4 is 28.4 Å². The molecule has 3 aromatic heterocycles. The minimum absolute atomic E-state index is 0.0300. The lowest BCUT2D eigenvalue weighted by molar-refractivity contribution is 0.391. The van der Waals surface area contributed by atoms with Gasteiger partial charge in [-0.2, -0.15) is 4.98 Å². The van der Waals surface area contributed by atoms with E-state index >= 15 is 0 Å². The summed E-state index contributed by atoms with van der Waals surface area (Å²) in [5, 5.41) is 14.2. The number of rotatable bonds is 8. The van der Waals surface area contributed by atoms with Crippen molar-refractivity contribution in [1.82, 2.24) is 29.3 Å². The molecule has 0 N–H and O–H groups in total. The smallest absolute Gasteiger partial charge is 0.262 e. The molecule has 5 aromatic rings. The van der Waals surface area contributed by atoms with Gasteiger partial charge in [-0.3, -0.25) is 13.8 Å². The van der Waals surface area contributed by atoms with E-state index in [0.29, 0.717) is 40.3 Å². The lowest BCUT2D eigenvalue weighted by Crippen LogP contribution is -2.23. The molecule has 9 heteroatoms. The van der Waals surface area contributed by atoms with Gasteiger partial charge in [0, 0.05) is 12.1 Å². The highest BCUT2D eigenvalue weighted by molar-refractivity contribution is 7.98. The van der Waals surface area contributed by atoms with E-state index < -0.39 is 0 Å². The molecule has 8 nitrogen and oxygen atoms in total. The highest BCUT2D eigenvalue weighted by atomic mass is 32.2. The SMILES string of the molecule is CCCCCn1c(=O)c2ccccc2n2c(SCc3nc(-c4ccccc4)no3)nnc12. The first kappa shape index (κ1) is 20.4. The number of aryl methyl sites for hydroxylation is 1. The van der Waals surface area contributed by atoms with Gasteiger partial charge in [-0.1, -0.05) is 79.1 Å². The maximum absolute atomic E-state index is 13.1. The van der Waals surface area contributed by atoms with Gasteiger partial charge in [-0.15, -0.1) is 10.2 Å². The minimum atomic E-state index is -0.0300. The Morgan fingerprint density at radius 1 is 1.00 bits per heavy atom. The first-order chi connectivity index (χ1) is 15.8. The highest BCUT2D eigenvalue weighted by Gasteiger charge is 2.18. The number of aromatic nitrogens is 6. The molecule has 32 heavy (non-hydrogen) atoms. The molecule has 0 saturated heterocycles. The molecule has 0 unspecified atom stereocenters. The van der Waals surface area contributed by atoms with Crippen molar-refractivity contribution in [3.05, 3.63) is 70.8 Å². The van der Waals surface area contributed by atoms with Gasteiger partial charge in [0.05, 0.1) is 16.7 Å². The molecule has 0 spiro atoms. The van der Waals surface area contributed by atoms with Gasteiger partial charge in [0.15, 0.2) is 5.16 Å². The van der Waals surface area contributed by atoms with Crippen LogP contribution in [0.25, 0.3) is 28.1 Å². The Labute approximate surface area is 188 Å². The normalized spacial score (nSPS) is 11.5. The van der Waals surface area contributed by atoms with E-state index in [0.717, 1.165) is 30.3 Å². The molecular weight excluding hydrogens is 424 g/mol. The van der Waals surface area contributed by atoms with Crippen molar-refractivity contribution in [3.8, 4) is 11.4 Å². The number of para-hydroxylation sites is 1. The molecule has 0 aliphatic carbocycles. The fraction of sp³-hybridized carbons (Fsp3) is 0.261. The number of thioether (sulfide) groups is 1. The van der Waals surface area contributed by atoms with Gasteiger partial charge in [-0.25, -0.2) is 0 Å². The second-order valence-corrected chi connectivity index (χ2v) is 8.41. The van der Waals surface area contributed by atoms with Crippen LogP contribution in [0.2, 0.25) is 0 Å². The zero-order valence-corrected chi connectivity index (χ0v) is 18.5. The van der Waals surface area contributed by atoms with Crippen molar-refractivity contribution in [3.63, 3.8) is 0 Å². The van der Waals surface area contributed by atoms with Crippen LogP contribution < -0.4 is 5.56 Å². The second kappa shape index (κ2) is 8.96. The average molecular weight is 447 g/mol. The van der Waals surface area contributed by atoms with Gasteiger partial charge in [0.2, 0.25) is 17.5 Å². The molecular formula is C23H22N6O2S. The molecule has 0 amide bonds. The molecule has 0 atom stereocenters. The van der Waals surface area contributed by atoms with Gasteiger partial charge >= 0.3 is 0 Å². The summed E-state index contributed by atoms with van der Waals surface area (Å²) in [5.74, 6) is 2.07. The maximum Gasteiger partial charge on any atom is 0.262 e. The number of hydrogen-bond donors (Lipinski definition) is 0. The largest absolute Gasteiger partial charge is 0.338 e. The summed E-state index contributed by atoms with van der Waals surface area (Å²) in [4.78, 5) is 17.6. The fourth-order valence-corrected chi connectivity index (χ4v) is 4.47. The first-order valence-electron chi connectivity index (χ1n) is 10.6. The predicted octanol–water partition coefficient (Wildman–Crippen LogP) is 4.58. The third-order valence-corrected chi connectivity index (χ3v) is 6.20. The Balaban J connectivity index is 1.49. The molecule has 0 saturated carbocycles. The summed E-state index contributed by atoms with van der Waals surface area (Å²) in [6.45, 7) is 2.76. The number of fused-ring (bicyclic) bond motifs is 3. The number of unbranched alkanes of at least 4 members (excludes halogenated alkanes) is 2. The monoisotopic (exact) mass is 446 g/mol. The van der Waals surface area contributed by atoms with Crippen LogP contribution in [0.4, 0.5) is 0 Å². The summed E-state index contributed by atoms with van der Waals surface area (Å²) in [6, 6.07) is 17.3. The molecule has 5 rings (SSSR count). The summed E-state index contributed by atoms with van der Waals surface area (Å²) >= 11 is 1.45. The predicted molar refractivity (Wildman–Crippen MR) is 124 cm³/mol. The van der Waals surface area contributed by atoms with Crippen molar-refractivity contribution in [2.24, 2.45) is 0 Å². The average Bonchev–Trinajstić information content (AvgIpc) is 3.48. The van der Waals surface area contributed by atoms with Crippen molar-refractivity contribution in [2.75, 3.05) is 0 Å². The van der Waals surface area contributed by atoms with Crippen LogP contribution in [-0.4, -0.2) is 29.3 Å². The Kier molecular flexibility index (Phi) is 5.72. The van der Waals surface area contributed by atoms with E-state index in [1.165, 1.54) is 11.8 Å².